The maximum atomic E-state index is 13.9. The van der Waals surface area contributed by atoms with Crippen LogP contribution in [0.15, 0.2) is 0 Å². The second-order valence-corrected chi connectivity index (χ2v) is 33.8. The fourth-order valence-corrected chi connectivity index (χ4v) is 16.5. The second-order valence-electron chi connectivity index (χ2n) is 31.1. The average Bonchev–Trinajstić information content (AvgIpc) is 0.817. The van der Waals surface area contributed by atoms with Crippen LogP contribution in [0.4, 0.5) is 0 Å². The monoisotopic (exact) mass is 1430 g/mol. The molecule has 0 aliphatic rings. The van der Waals surface area contributed by atoms with Crippen LogP contribution in [0.2, 0.25) is 6.04 Å². The number of aliphatic hydroxyl groups excluding tert-OH is 6. The molecule has 0 aliphatic heterocycles. The van der Waals surface area contributed by atoms with Crippen molar-refractivity contribution >= 4 is 26.5 Å². The molecule has 0 bridgehead atoms. The Morgan fingerprint density at radius 3 is 0.636 bits per heavy atom. The van der Waals surface area contributed by atoms with Gasteiger partial charge in [-0.2, -0.15) is 0 Å². The summed E-state index contributed by atoms with van der Waals surface area (Å²) in [5.41, 5.74) is -5.09. The van der Waals surface area contributed by atoms with Crippen molar-refractivity contribution in [3.63, 3.8) is 0 Å². The number of hydrogen-bond donors (Lipinski definition) is 9. The fourth-order valence-electron chi connectivity index (χ4n) is 13.8. The summed E-state index contributed by atoms with van der Waals surface area (Å²) in [7, 11) is -2.08. The average molecular weight is 1430 g/mol. The van der Waals surface area contributed by atoms with Crippen LogP contribution in [0, 0.1) is 0 Å². The van der Waals surface area contributed by atoms with Crippen molar-refractivity contribution in [2.75, 3.05) is 86.1 Å². The molecule has 99 heavy (non-hydrogen) atoms. The molecule has 0 unspecified atom stereocenters. The lowest BCUT2D eigenvalue weighted by Gasteiger charge is -2.41. The lowest BCUT2D eigenvalue weighted by molar-refractivity contribution is -0.910. The third-order valence-electron chi connectivity index (χ3n) is 21.0. The van der Waals surface area contributed by atoms with Crippen LogP contribution in [0.3, 0.4) is 0 Å². The van der Waals surface area contributed by atoms with Gasteiger partial charge in [0.1, 0.15) is 16.6 Å². The van der Waals surface area contributed by atoms with Crippen molar-refractivity contribution in [3.05, 3.63) is 0 Å². The number of quaternary nitrogens is 1. The van der Waals surface area contributed by atoms with E-state index >= 15 is 0 Å². The first-order chi connectivity index (χ1) is 48.2. The molecule has 0 spiro atoms. The topological polar surface area (TPSA) is 236 Å². The van der Waals surface area contributed by atoms with Gasteiger partial charge in [0, 0.05) is 31.7 Å². The highest BCUT2D eigenvalue weighted by molar-refractivity contribution is 6.60. The van der Waals surface area contributed by atoms with E-state index in [2.05, 4.69) is 57.6 Å². The molecular formula is C82H167N4O12Si+. The largest absolute Gasteiger partial charge is 0.501 e. The summed E-state index contributed by atoms with van der Waals surface area (Å²) < 4.78 is 21.8. The second kappa shape index (κ2) is 68.1. The van der Waals surface area contributed by atoms with E-state index in [0.29, 0.717) is 32.2 Å². The predicted octanol–water partition coefficient (Wildman–Crippen LogP) is 18.3. The van der Waals surface area contributed by atoms with Crippen LogP contribution in [0.1, 0.15) is 401 Å². The third kappa shape index (κ3) is 54.5. The van der Waals surface area contributed by atoms with Crippen molar-refractivity contribution in [2.45, 2.75) is 423 Å². The van der Waals surface area contributed by atoms with E-state index in [1.807, 2.05) is 0 Å². The Hall–Kier alpha value is -1.77. The molecular weight excluding hydrogens is 1260 g/mol. The summed E-state index contributed by atoms with van der Waals surface area (Å²) in [6, 6.07) is 0.133. The zero-order valence-electron chi connectivity index (χ0n) is 66.1. The maximum Gasteiger partial charge on any atom is 0.501 e. The maximum absolute atomic E-state index is 13.9. The Balaban J connectivity index is 7.10. The summed E-state index contributed by atoms with van der Waals surface area (Å²) in [4.78, 5) is 41.7. The van der Waals surface area contributed by atoms with E-state index in [1.54, 1.807) is 0 Å². The molecule has 590 valence electrons. The number of aliphatic hydroxyl groups is 6. The lowest BCUT2D eigenvalue weighted by Crippen LogP contribution is -2.65. The Morgan fingerprint density at radius 2 is 0.444 bits per heavy atom. The number of carbonyl (C=O) groups is 3. The van der Waals surface area contributed by atoms with E-state index in [9.17, 15) is 45.0 Å². The Kier molecular flexibility index (Phi) is 66.8. The van der Waals surface area contributed by atoms with E-state index < -0.39 is 84.9 Å². The molecule has 9 N–H and O–H groups in total. The molecule has 3 amide bonds. The van der Waals surface area contributed by atoms with Gasteiger partial charge in [0.05, 0.1) is 86.1 Å². The Morgan fingerprint density at radius 1 is 0.273 bits per heavy atom. The van der Waals surface area contributed by atoms with Crippen LogP contribution in [-0.2, 0) is 27.7 Å². The summed E-state index contributed by atoms with van der Waals surface area (Å²) in [5.74, 6) is -1.04. The normalized spacial score (nSPS) is 12.5. The predicted molar refractivity (Wildman–Crippen MR) is 416 cm³/mol. The minimum Gasteiger partial charge on any atom is -0.394 e. The molecule has 0 atom stereocenters. The Bertz CT molecular complexity index is 1600. The molecule has 0 aliphatic carbocycles. The summed E-state index contributed by atoms with van der Waals surface area (Å²) in [5, 5.41) is 76.1. The van der Waals surface area contributed by atoms with Crippen molar-refractivity contribution in [1.82, 2.24) is 16.0 Å². The van der Waals surface area contributed by atoms with Gasteiger partial charge in [-0.05, 0) is 44.9 Å². The number of amides is 3. The highest BCUT2D eigenvalue weighted by Crippen LogP contribution is 2.28. The molecule has 0 saturated heterocycles. The highest BCUT2D eigenvalue weighted by atomic mass is 28.4. The zero-order chi connectivity index (χ0) is 73.0. The number of nitrogens with one attached hydrogen (secondary N) is 3. The van der Waals surface area contributed by atoms with Crippen LogP contribution in [0.5, 0.6) is 0 Å². The quantitative estimate of drug-likeness (QED) is 0.0157. The lowest BCUT2D eigenvalue weighted by atomic mass is 10.0. The molecule has 0 radical (unpaired) electrons. The zero-order valence-corrected chi connectivity index (χ0v) is 67.1. The van der Waals surface area contributed by atoms with Gasteiger partial charge >= 0.3 is 8.80 Å². The van der Waals surface area contributed by atoms with E-state index in [1.165, 1.54) is 238 Å². The van der Waals surface area contributed by atoms with Crippen molar-refractivity contribution < 1.29 is 62.8 Å². The Labute approximate surface area is 611 Å². The number of carbonyl (C=O) groups excluding carboxylic acids is 3. The third-order valence-corrected chi connectivity index (χ3v) is 23.8. The summed E-state index contributed by atoms with van der Waals surface area (Å²) >= 11 is 0. The highest BCUT2D eigenvalue weighted by Gasteiger charge is 2.49. The van der Waals surface area contributed by atoms with Crippen LogP contribution in [0.25, 0.3) is 0 Å². The van der Waals surface area contributed by atoms with Crippen molar-refractivity contribution in [2.24, 2.45) is 0 Å². The van der Waals surface area contributed by atoms with Gasteiger partial charge in [-0.15, -0.1) is 0 Å². The van der Waals surface area contributed by atoms with E-state index in [-0.39, 0.29) is 43.0 Å². The van der Waals surface area contributed by atoms with Gasteiger partial charge in [-0.25, -0.2) is 0 Å². The fraction of sp³-hybridized carbons (Fsp3) is 0.963. The first kappa shape index (κ1) is 97.2. The number of hydrogen-bond acceptors (Lipinski definition) is 12. The van der Waals surface area contributed by atoms with Crippen LogP contribution in [-0.4, -0.2) is 164 Å². The first-order valence-electron chi connectivity index (χ1n) is 42.5. The minimum atomic E-state index is -4.40. The number of nitrogens with zero attached hydrogens (tertiary/aromatic N) is 1. The van der Waals surface area contributed by atoms with E-state index in [4.69, 9.17) is 13.3 Å². The molecule has 0 fully saturated rings. The van der Waals surface area contributed by atoms with Crippen LogP contribution < -0.4 is 16.0 Å². The minimum absolute atomic E-state index is 0.133. The number of unbranched alkanes of at least 4 members (excludes halogenated alkanes) is 48. The molecule has 16 nitrogen and oxygen atoms in total. The summed E-state index contributed by atoms with van der Waals surface area (Å²) in [6.45, 7) is 8.33. The molecule has 0 aromatic carbocycles. The van der Waals surface area contributed by atoms with Gasteiger partial charge in [-0.1, -0.05) is 330 Å². The van der Waals surface area contributed by atoms with Gasteiger partial charge < -0.3 is 64.4 Å². The molecule has 0 rings (SSSR count). The molecule has 0 aromatic heterocycles. The molecule has 0 heterocycles. The van der Waals surface area contributed by atoms with E-state index in [0.717, 1.165) is 101 Å². The molecule has 0 saturated carbocycles. The number of rotatable bonds is 80. The van der Waals surface area contributed by atoms with Gasteiger partial charge in [0.25, 0.3) is 0 Å². The summed E-state index contributed by atoms with van der Waals surface area (Å²) in [6.07, 6.45) is 63.2. The first-order valence-corrected chi connectivity index (χ1v) is 44.4. The van der Waals surface area contributed by atoms with Crippen LogP contribution >= 0.6 is 0 Å². The molecule has 0 aromatic rings. The van der Waals surface area contributed by atoms with Gasteiger partial charge in [0.15, 0.2) is 0 Å². The molecule has 17 heteroatoms. The SMILES string of the molecule is CCCCCCCCCCCCCCCC(=O)NC(CO)(CO)CO[Si](CCC[N+](C)(CCCCCCCCC)CCCCCCCCC)(OCC(CO)(CO)NC(=O)CCCCCCCCCCCCCCC)OCC(CO)(CO)NC(=O)CCCCCCCCCCCCCCC. The van der Waals surface area contributed by atoms with Gasteiger partial charge in [-0.3, -0.25) is 14.4 Å². The van der Waals surface area contributed by atoms with Crippen molar-refractivity contribution in [1.29, 1.82) is 0 Å². The van der Waals surface area contributed by atoms with Gasteiger partial charge in [0.2, 0.25) is 17.7 Å². The standard InChI is InChI=1S/C82H166N4O12Si/c1-7-12-17-22-27-30-33-36-39-42-45-50-55-61-77(93)83-80(68-87,69-88)74-96-99(67-60-66-86(6,64-58-53-48-25-20-15-10-4)65-59-54-49-26-21-16-11-5,97-75-81(70-89,71-90)84-78(94)62-56-51-46-43-40-37-34-31-28-23-18-13-8-2)98-76-82(72-91,73-92)85-79(95)63-57-52-47-44-41-38-35-32-29-24-19-14-9-3/h87-92H,7-76H2,1-6H3,(H2-,83,84,85,93,94,95)/p+1. The smallest absolute Gasteiger partial charge is 0.394 e. The van der Waals surface area contributed by atoms with Crippen molar-refractivity contribution in [3.8, 4) is 0 Å².